The summed E-state index contributed by atoms with van der Waals surface area (Å²) in [6.07, 6.45) is 3.49. The first kappa shape index (κ1) is 16.6. The van der Waals surface area contributed by atoms with Gasteiger partial charge in [0.25, 0.3) is 5.91 Å². The van der Waals surface area contributed by atoms with E-state index in [0.717, 1.165) is 5.69 Å². The molecule has 1 aromatic heterocycles. The fraction of sp³-hybridized carbons (Fsp3) is 0.0952. The zero-order valence-corrected chi connectivity index (χ0v) is 13.9. The largest absolute Gasteiger partial charge is 0.322 e. The van der Waals surface area contributed by atoms with Crippen LogP contribution in [0.4, 0.5) is 5.69 Å². The summed E-state index contributed by atoms with van der Waals surface area (Å²) in [6, 6.07) is 21.5. The highest BCUT2D eigenvalue weighted by atomic mass is 16.1. The predicted octanol–water partition coefficient (Wildman–Crippen LogP) is 3.67. The fourth-order valence-corrected chi connectivity index (χ4v) is 2.57. The smallest absolute Gasteiger partial charge is 0.261 e. The maximum absolute atomic E-state index is 12.6. The SMILES string of the molecule is C[C@@H](C(=O)c1ccccc1)[n+]1cccc(C(=O)Nc2ccccc2)c1. The molecule has 1 heterocycles. The third kappa shape index (κ3) is 3.98. The maximum atomic E-state index is 12.6. The standard InChI is InChI=1S/C21H18N2O2/c1-16(20(24)17-9-4-2-5-10-17)23-14-8-11-18(15-23)21(25)22-19-12-6-3-7-13-19/h2-16H,1H3/p+1/t16-/m0/s1. The topological polar surface area (TPSA) is 50.0 Å². The zero-order valence-electron chi connectivity index (χ0n) is 13.9. The van der Waals surface area contributed by atoms with Crippen LogP contribution >= 0.6 is 0 Å². The molecule has 4 nitrogen and oxygen atoms in total. The van der Waals surface area contributed by atoms with Crippen LogP contribution in [0.25, 0.3) is 0 Å². The quantitative estimate of drug-likeness (QED) is 0.573. The van der Waals surface area contributed by atoms with E-state index in [1.165, 1.54) is 0 Å². The minimum atomic E-state index is -0.396. The first-order chi connectivity index (χ1) is 12.1. The lowest BCUT2D eigenvalue weighted by Gasteiger charge is -2.08. The van der Waals surface area contributed by atoms with E-state index in [2.05, 4.69) is 5.32 Å². The van der Waals surface area contributed by atoms with E-state index in [-0.39, 0.29) is 11.7 Å². The average molecular weight is 331 g/mol. The number of amides is 1. The number of Topliss-reactive ketones (excluding diaryl/α,β-unsaturated/α-hetero) is 1. The summed E-state index contributed by atoms with van der Waals surface area (Å²) >= 11 is 0. The lowest BCUT2D eigenvalue weighted by Crippen LogP contribution is -2.42. The highest BCUT2D eigenvalue weighted by Crippen LogP contribution is 2.11. The van der Waals surface area contributed by atoms with E-state index in [9.17, 15) is 9.59 Å². The van der Waals surface area contributed by atoms with Gasteiger partial charge in [-0.05, 0) is 18.2 Å². The fourth-order valence-electron chi connectivity index (χ4n) is 2.57. The molecule has 2 aromatic carbocycles. The first-order valence-electron chi connectivity index (χ1n) is 8.11. The van der Waals surface area contributed by atoms with Crippen molar-refractivity contribution < 1.29 is 14.2 Å². The predicted molar refractivity (Wildman–Crippen MR) is 96.5 cm³/mol. The van der Waals surface area contributed by atoms with Crippen molar-refractivity contribution in [2.24, 2.45) is 0 Å². The van der Waals surface area contributed by atoms with Crippen LogP contribution in [0, 0.1) is 0 Å². The van der Waals surface area contributed by atoms with Crippen LogP contribution in [0.2, 0.25) is 0 Å². The number of ketones is 1. The Balaban J connectivity index is 1.79. The molecule has 25 heavy (non-hydrogen) atoms. The van der Waals surface area contributed by atoms with Crippen molar-refractivity contribution in [2.75, 3.05) is 5.32 Å². The summed E-state index contributed by atoms with van der Waals surface area (Å²) in [4.78, 5) is 25.0. The van der Waals surface area contributed by atoms with Gasteiger partial charge in [-0.1, -0.05) is 48.5 Å². The van der Waals surface area contributed by atoms with Gasteiger partial charge in [0.1, 0.15) is 5.56 Å². The minimum Gasteiger partial charge on any atom is -0.322 e. The number of anilines is 1. The van der Waals surface area contributed by atoms with E-state index in [1.54, 1.807) is 41.2 Å². The molecule has 0 radical (unpaired) electrons. The molecule has 0 aliphatic carbocycles. The number of carbonyl (C=O) groups is 2. The molecule has 3 aromatic rings. The Hall–Kier alpha value is -3.27. The van der Waals surface area contributed by atoms with Gasteiger partial charge in [0.05, 0.1) is 0 Å². The van der Waals surface area contributed by atoms with Gasteiger partial charge < -0.3 is 5.32 Å². The van der Waals surface area contributed by atoms with E-state index in [4.69, 9.17) is 0 Å². The highest BCUT2D eigenvalue weighted by Gasteiger charge is 2.24. The van der Waals surface area contributed by atoms with Crippen LogP contribution in [0.5, 0.6) is 0 Å². The summed E-state index contributed by atoms with van der Waals surface area (Å²) in [6.45, 7) is 1.83. The molecule has 0 aliphatic heterocycles. The van der Waals surface area contributed by atoms with Crippen molar-refractivity contribution in [3.05, 3.63) is 96.3 Å². The number of para-hydroxylation sites is 1. The van der Waals surface area contributed by atoms with Crippen molar-refractivity contribution in [2.45, 2.75) is 13.0 Å². The Bertz CT molecular complexity index is 877. The number of pyridine rings is 1. The molecule has 4 heteroatoms. The lowest BCUT2D eigenvalue weighted by atomic mass is 10.1. The van der Waals surface area contributed by atoms with Gasteiger partial charge in [0.2, 0.25) is 11.8 Å². The molecule has 0 aliphatic rings. The molecule has 0 fully saturated rings. The lowest BCUT2D eigenvalue weighted by molar-refractivity contribution is -0.704. The van der Waals surface area contributed by atoms with Gasteiger partial charge in [-0.2, -0.15) is 4.57 Å². The maximum Gasteiger partial charge on any atom is 0.261 e. The van der Waals surface area contributed by atoms with Gasteiger partial charge in [-0.3, -0.25) is 9.59 Å². The van der Waals surface area contributed by atoms with Crippen LogP contribution in [-0.4, -0.2) is 11.7 Å². The Morgan fingerprint density at radius 2 is 1.44 bits per heavy atom. The monoisotopic (exact) mass is 331 g/mol. The van der Waals surface area contributed by atoms with Gasteiger partial charge in [0.15, 0.2) is 12.4 Å². The third-order valence-electron chi connectivity index (χ3n) is 4.00. The molecule has 0 saturated carbocycles. The molecule has 1 atom stereocenters. The number of hydrogen-bond acceptors (Lipinski definition) is 2. The van der Waals surface area contributed by atoms with Crippen molar-refractivity contribution in [1.82, 2.24) is 0 Å². The van der Waals surface area contributed by atoms with E-state index >= 15 is 0 Å². The summed E-state index contributed by atoms with van der Waals surface area (Å²) in [7, 11) is 0. The Labute approximate surface area is 146 Å². The second-order valence-corrected chi connectivity index (χ2v) is 5.77. The Morgan fingerprint density at radius 3 is 2.12 bits per heavy atom. The number of aromatic nitrogens is 1. The second-order valence-electron chi connectivity index (χ2n) is 5.77. The average Bonchev–Trinajstić information content (AvgIpc) is 2.68. The first-order valence-corrected chi connectivity index (χ1v) is 8.11. The van der Waals surface area contributed by atoms with Crippen LogP contribution < -0.4 is 9.88 Å². The molecule has 1 N–H and O–H groups in total. The molecule has 124 valence electrons. The normalized spacial score (nSPS) is 11.6. The van der Waals surface area contributed by atoms with E-state index in [0.29, 0.717) is 11.1 Å². The van der Waals surface area contributed by atoms with Crippen molar-refractivity contribution in [1.29, 1.82) is 0 Å². The third-order valence-corrected chi connectivity index (χ3v) is 4.00. The minimum absolute atomic E-state index is 0.00576. The number of benzene rings is 2. The zero-order chi connectivity index (χ0) is 17.6. The number of rotatable bonds is 5. The number of hydrogen-bond donors (Lipinski definition) is 1. The molecule has 0 bridgehead atoms. The number of nitrogens with zero attached hydrogens (tertiary/aromatic N) is 1. The second kappa shape index (κ2) is 7.53. The van der Waals surface area contributed by atoms with Crippen molar-refractivity contribution >= 4 is 17.4 Å². The van der Waals surface area contributed by atoms with Crippen molar-refractivity contribution in [3.8, 4) is 0 Å². The molecular weight excluding hydrogens is 312 g/mol. The van der Waals surface area contributed by atoms with Gasteiger partial charge in [-0.15, -0.1) is 0 Å². The van der Waals surface area contributed by atoms with Gasteiger partial charge >= 0.3 is 0 Å². The molecule has 0 unspecified atom stereocenters. The van der Waals surface area contributed by atoms with Crippen LogP contribution in [0.1, 0.15) is 33.7 Å². The summed E-state index contributed by atoms with van der Waals surface area (Å²) in [5.41, 5.74) is 1.89. The van der Waals surface area contributed by atoms with E-state index in [1.807, 2.05) is 55.5 Å². The number of nitrogens with one attached hydrogen (secondary N) is 1. The summed E-state index contributed by atoms with van der Waals surface area (Å²) < 4.78 is 1.76. The Kier molecular flexibility index (Phi) is 5.00. The van der Waals surface area contributed by atoms with Gasteiger partial charge in [-0.25, -0.2) is 0 Å². The molecule has 0 spiro atoms. The van der Waals surface area contributed by atoms with E-state index < -0.39 is 6.04 Å². The van der Waals surface area contributed by atoms with Gasteiger partial charge in [0, 0.05) is 24.2 Å². The molecule has 1 amide bonds. The molecule has 0 saturated heterocycles. The summed E-state index contributed by atoms with van der Waals surface area (Å²) in [5, 5.41) is 2.85. The van der Waals surface area contributed by atoms with Crippen molar-refractivity contribution in [3.63, 3.8) is 0 Å². The van der Waals surface area contributed by atoms with Crippen LogP contribution in [0.15, 0.2) is 85.2 Å². The number of carbonyl (C=O) groups excluding carboxylic acids is 2. The summed E-state index contributed by atoms with van der Waals surface area (Å²) in [5.74, 6) is -0.203. The molecular formula is C21H19N2O2+. The highest BCUT2D eigenvalue weighted by molar-refractivity contribution is 6.04. The Morgan fingerprint density at radius 1 is 0.840 bits per heavy atom. The van der Waals surface area contributed by atoms with Crippen LogP contribution in [-0.2, 0) is 0 Å². The molecule has 3 rings (SSSR count). The van der Waals surface area contributed by atoms with Crippen LogP contribution in [0.3, 0.4) is 0 Å².